The molecule has 0 spiro atoms. The zero-order chi connectivity index (χ0) is 27.1. The Morgan fingerprint density at radius 2 is 1.71 bits per heavy atom. The van der Waals surface area contributed by atoms with Crippen LogP contribution in [0, 0.1) is 5.82 Å². The lowest BCUT2D eigenvalue weighted by Gasteiger charge is -2.12. The zero-order valence-corrected chi connectivity index (χ0v) is 22.0. The normalized spacial score (nSPS) is 12.9. The van der Waals surface area contributed by atoms with Gasteiger partial charge in [-0.05, 0) is 92.6 Å². The number of benzene rings is 2. The Hall–Kier alpha value is -4.05. The number of esters is 1. The summed E-state index contributed by atoms with van der Waals surface area (Å²) in [4.78, 5) is 38.6. The van der Waals surface area contributed by atoms with Gasteiger partial charge in [0.15, 0.2) is 0 Å². The lowest BCUT2D eigenvalue weighted by atomic mass is 9.95. The molecule has 38 heavy (non-hydrogen) atoms. The molecule has 1 aromatic heterocycles. The number of hydrazone groups is 1. The third kappa shape index (κ3) is 6.63. The highest BCUT2D eigenvalue weighted by molar-refractivity contribution is 7.17. The van der Waals surface area contributed by atoms with Crippen molar-refractivity contribution in [3.05, 3.63) is 81.5 Å². The number of aryl methyl sites for hydroxylation is 1. The highest BCUT2D eigenvalue weighted by Gasteiger charge is 2.28. The minimum Gasteiger partial charge on any atom is -0.489 e. The first-order valence-corrected chi connectivity index (χ1v) is 13.1. The third-order valence-electron chi connectivity index (χ3n) is 6.00. The van der Waals surface area contributed by atoms with Crippen LogP contribution in [0.25, 0.3) is 0 Å². The molecular weight excluding hydrogens is 509 g/mol. The zero-order valence-electron chi connectivity index (χ0n) is 21.1. The molecule has 0 saturated heterocycles. The van der Waals surface area contributed by atoms with Crippen LogP contribution < -0.4 is 15.5 Å². The van der Waals surface area contributed by atoms with Crippen molar-refractivity contribution < 1.29 is 28.2 Å². The molecule has 2 aromatic carbocycles. The second kappa shape index (κ2) is 12.5. The van der Waals surface area contributed by atoms with Gasteiger partial charge in [0.2, 0.25) is 0 Å². The Balaban J connectivity index is 1.35. The first kappa shape index (κ1) is 27.0. The van der Waals surface area contributed by atoms with Crippen LogP contribution in [0.4, 0.5) is 9.39 Å². The fourth-order valence-corrected chi connectivity index (χ4v) is 5.30. The van der Waals surface area contributed by atoms with Gasteiger partial charge in [0.05, 0.1) is 17.9 Å². The molecule has 2 amide bonds. The molecule has 3 aromatic rings. The van der Waals surface area contributed by atoms with E-state index in [1.807, 2.05) is 0 Å². The molecule has 10 heteroatoms. The number of halogens is 1. The van der Waals surface area contributed by atoms with Crippen molar-refractivity contribution >= 4 is 39.8 Å². The molecule has 198 valence electrons. The second-order valence-electron chi connectivity index (χ2n) is 8.67. The summed E-state index contributed by atoms with van der Waals surface area (Å²) in [5.74, 6) is -2.06. The summed E-state index contributed by atoms with van der Waals surface area (Å²) in [5.41, 5.74) is 5.54. The molecule has 4 rings (SSSR count). The quantitative estimate of drug-likeness (QED) is 0.182. The first-order valence-electron chi connectivity index (χ1n) is 12.3. The molecule has 1 aliphatic rings. The van der Waals surface area contributed by atoms with Crippen molar-refractivity contribution in [3.8, 4) is 5.75 Å². The maximum Gasteiger partial charge on any atom is 0.341 e. The molecule has 1 aliphatic carbocycles. The largest absolute Gasteiger partial charge is 0.489 e. The number of amides is 2. The van der Waals surface area contributed by atoms with E-state index in [0.717, 1.165) is 47.3 Å². The number of carbonyl (C=O) groups is 3. The standard InChI is InChI=1S/C28H28FN3O5S/c1-3-36-28(35)24-22-6-4-5-7-23(22)38-27(24)30-25(33)26(34)32-31-17(2)19-10-14-21(15-11-19)37-16-18-8-12-20(29)13-9-18/h8-15H,3-7,16H2,1-2H3,(H,30,33)(H,32,34)/b31-17+. The van der Waals surface area contributed by atoms with Crippen molar-refractivity contribution in [2.24, 2.45) is 5.10 Å². The van der Waals surface area contributed by atoms with E-state index >= 15 is 0 Å². The summed E-state index contributed by atoms with van der Waals surface area (Å²) in [5, 5.41) is 6.93. The summed E-state index contributed by atoms with van der Waals surface area (Å²) in [7, 11) is 0. The van der Waals surface area contributed by atoms with Gasteiger partial charge in [-0.1, -0.05) is 12.1 Å². The monoisotopic (exact) mass is 537 g/mol. The van der Waals surface area contributed by atoms with Gasteiger partial charge in [-0.3, -0.25) is 9.59 Å². The summed E-state index contributed by atoms with van der Waals surface area (Å²) in [6.07, 6.45) is 3.54. The molecule has 0 atom stereocenters. The van der Waals surface area contributed by atoms with Crippen LogP contribution in [-0.4, -0.2) is 30.1 Å². The van der Waals surface area contributed by atoms with Crippen LogP contribution in [0.2, 0.25) is 0 Å². The summed E-state index contributed by atoms with van der Waals surface area (Å²) in [6.45, 7) is 3.92. The van der Waals surface area contributed by atoms with Crippen molar-refractivity contribution in [1.82, 2.24) is 5.43 Å². The van der Waals surface area contributed by atoms with Crippen LogP contribution in [0.15, 0.2) is 53.6 Å². The molecule has 2 N–H and O–H groups in total. The number of nitrogens with one attached hydrogen (secondary N) is 2. The maximum absolute atomic E-state index is 13.0. The van der Waals surface area contributed by atoms with E-state index in [4.69, 9.17) is 9.47 Å². The molecule has 1 heterocycles. The third-order valence-corrected chi connectivity index (χ3v) is 7.21. The van der Waals surface area contributed by atoms with Gasteiger partial charge in [0.25, 0.3) is 0 Å². The lowest BCUT2D eigenvalue weighted by Crippen LogP contribution is -2.33. The predicted octanol–water partition coefficient (Wildman–Crippen LogP) is 5.00. The van der Waals surface area contributed by atoms with Gasteiger partial charge in [-0.2, -0.15) is 5.10 Å². The molecule has 0 unspecified atom stereocenters. The maximum atomic E-state index is 13.0. The Bertz CT molecular complexity index is 1350. The number of fused-ring (bicyclic) bond motifs is 1. The molecule has 0 radical (unpaired) electrons. The highest BCUT2D eigenvalue weighted by atomic mass is 32.1. The van der Waals surface area contributed by atoms with Crippen LogP contribution in [-0.2, 0) is 33.8 Å². The van der Waals surface area contributed by atoms with Gasteiger partial charge in [-0.25, -0.2) is 14.6 Å². The Kier molecular flexibility index (Phi) is 8.85. The van der Waals surface area contributed by atoms with E-state index in [-0.39, 0.29) is 12.4 Å². The van der Waals surface area contributed by atoms with E-state index in [1.54, 1.807) is 50.2 Å². The average molecular weight is 538 g/mol. The van der Waals surface area contributed by atoms with Crippen LogP contribution in [0.3, 0.4) is 0 Å². The number of thiophene rings is 1. The summed E-state index contributed by atoms with van der Waals surface area (Å²) < 4.78 is 23.9. The van der Waals surface area contributed by atoms with Crippen molar-refractivity contribution in [2.45, 2.75) is 46.1 Å². The number of hydrogen-bond donors (Lipinski definition) is 2. The Morgan fingerprint density at radius 3 is 2.42 bits per heavy atom. The van der Waals surface area contributed by atoms with E-state index in [1.165, 1.54) is 23.5 Å². The molecule has 8 nitrogen and oxygen atoms in total. The van der Waals surface area contributed by atoms with Crippen LogP contribution in [0.1, 0.15) is 58.6 Å². The topological polar surface area (TPSA) is 106 Å². The molecule has 0 saturated carbocycles. The molecule has 0 bridgehead atoms. The van der Waals surface area contributed by atoms with E-state index in [9.17, 15) is 18.8 Å². The second-order valence-corrected chi connectivity index (χ2v) is 9.77. The molecule has 0 aliphatic heterocycles. The Labute approximate surface area is 223 Å². The number of carbonyl (C=O) groups excluding carboxylic acids is 3. The lowest BCUT2D eigenvalue weighted by molar-refractivity contribution is -0.136. The van der Waals surface area contributed by atoms with Crippen molar-refractivity contribution in [2.75, 3.05) is 11.9 Å². The Morgan fingerprint density at radius 1 is 1.00 bits per heavy atom. The number of rotatable bonds is 8. The fraction of sp³-hybridized carbons (Fsp3) is 0.286. The number of ether oxygens (including phenoxy) is 2. The van der Waals surface area contributed by atoms with Crippen molar-refractivity contribution in [1.29, 1.82) is 0 Å². The van der Waals surface area contributed by atoms with Crippen LogP contribution in [0.5, 0.6) is 5.75 Å². The van der Waals surface area contributed by atoms with Gasteiger partial charge in [-0.15, -0.1) is 11.3 Å². The van der Waals surface area contributed by atoms with Gasteiger partial charge in [0, 0.05) is 4.88 Å². The van der Waals surface area contributed by atoms with Gasteiger partial charge < -0.3 is 14.8 Å². The minimum atomic E-state index is -0.954. The highest BCUT2D eigenvalue weighted by Crippen LogP contribution is 2.38. The van der Waals surface area contributed by atoms with Crippen molar-refractivity contribution in [3.63, 3.8) is 0 Å². The van der Waals surface area contributed by atoms with E-state index in [2.05, 4.69) is 15.8 Å². The van der Waals surface area contributed by atoms with E-state index in [0.29, 0.717) is 28.6 Å². The molecule has 0 fully saturated rings. The smallest absolute Gasteiger partial charge is 0.341 e. The fourth-order valence-electron chi connectivity index (χ4n) is 4.02. The molecular formula is C28H28FN3O5S. The van der Waals surface area contributed by atoms with E-state index < -0.39 is 17.8 Å². The van der Waals surface area contributed by atoms with Crippen LogP contribution >= 0.6 is 11.3 Å². The average Bonchev–Trinajstić information content (AvgIpc) is 3.29. The SMILES string of the molecule is CCOC(=O)c1c(NC(=O)C(=O)N/N=C(\C)c2ccc(OCc3ccc(F)cc3)cc2)sc2c1CCCC2. The number of anilines is 1. The number of nitrogens with zero attached hydrogens (tertiary/aromatic N) is 1. The predicted molar refractivity (Wildman–Crippen MR) is 143 cm³/mol. The summed E-state index contributed by atoms with van der Waals surface area (Å²) >= 11 is 1.31. The first-order chi connectivity index (χ1) is 18.4. The van der Waals surface area contributed by atoms with Gasteiger partial charge >= 0.3 is 17.8 Å². The minimum absolute atomic E-state index is 0.215. The number of hydrogen-bond acceptors (Lipinski definition) is 7. The summed E-state index contributed by atoms with van der Waals surface area (Å²) in [6, 6.07) is 13.1. The van der Waals surface area contributed by atoms with Gasteiger partial charge in [0.1, 0.15) is 23.2 Å².